The predicted octanol–water partition coefficient (Wildman–Crippen LogP) is 2.67. The third kappa shape index (κ3) is 4.17. The maximum Gasteiger partial charge on any atom is 0.0572 e. The van der Waals surface area contributed by atoms with Gasteiger partial charge in [-0.1, -0.05) is 13.8 Å². The lowest BCUT2D eigenvalue weighted by atomic mass is 10.2. The molecule has 1 aromatic rings. The van der Waals surface area contributed by atoms with E-state index in [9.17, 15) is 0 Å². The molecular formula is C17H30N4. The van der Waals surface area contributed by atoms with E-state index >= 15 is 0 Å². The number of aromatic nitrogens is 1. The fraction of sp³-hybridized carbons (Fsp3) is 0.706. The molecule has 1 aromatic heterocycles. The maximum absolute atomic E-state index is 4.61. The van der Waals surface area contributed by atoms with E-state index in [1.54, 1.807) is 0 Å². The second-order valence-corrected chi connectivity index (χ2v) is 6.03. The Morgan fingerprint density at radius 3 is 2.86 bits per heavy atom. The number of hydrogen-bond donors (Lipinski definition) is 1. The van der Waals surface area contributed by atoms with Gasteiger partial charge in [0.2, 0.25) is 0 Å². The summed E-state index contributed by atoms with van der Waals surface area (Å²) in [5.41, 5.74) is 2.33. The minimum Gasteiger partial charge on any atom is -0.372 e. The smallest absolute Gasteiger partial charge is 0.0572 e. The molecular weight excluding hydrogens is 260 g/mol. The van der Waals surface area contributed by atoms with Crippen LogP contribution in [-0.2, 0) is 0 Å². The molecule has 21 heavy (non-hydrogen) atoms. The second kappa shape index (κ2) is 7.76. The van der Waals surface area contributed by atoms with Gasteiger partial charge >= 0.3 is 0 Å². The monoisotopic (exact) mass is 290 g/mol. The quantitative estimate of drug-likeness (QED) is 0.836. The Hall–Kier alpha value is -1.13. The largest absolute Gasteiger partial charge is 0.372 e. The summed E-state index contributed by atoms with van der Waals surface area (Å²) < 4.78 is 0. The fourth-order valence-electron chi connectivity index (χ4n) is 3.23. The molecule has 0 amide bonds. The van der Waals surface area contributed by atoms with Crippen molar-refractivity contribution in [2.45, 2.75) is 45.7 Å². The minimum absolute atomic E-state index is 0.319. The standard InChI is InChI=1S/C17H30N4/c1-5-18-14(3)17-10-9-15(12-19-17)20(4)13-16-8-7-11-21(16)6-2/h9-10,12,14,16,18H,5-8,11,13H2,1-4H3. The van der Waals surface area contributed by atoms with E-state index in [4.69, 9.17) is 0 Å². The molecule has 1 aliphatic heterocycles. The lowest BCUT2D eigenvalue weighted by Crippen LogP contribution is -2.38. The fourth-order valence-corrected chi connectivity index (χ4v) is 3.23. The van der Waals surface area contributed by atoms with Gasteiger partial charge in [-0.25, -0.2) is 0 Å². The third-order valence-electron chi connectivity index (χ3n) is 4.56. The van der Waals surface area contributed by atoms with E-state index < -0.39 is 0 Å². The van der Waals surface area contributed by atoms with Gasteiger partial charge in [0.15, 0.2) is 0 Å². The van der Waals surface area contributed by atoms with E-state index in [0.29, 0.717) is 12.1 Å². The number of likely N-dealkylation sites (tertiary alicyclic amines) is 1. The van der Waals surface area contributed by atoms with Crippen LogP contribution in [0.4, 0.5) is 5.69 Å². The number of rotatable bonds is 7. The highest BCUT2D eigenvalue weighted by Crippen LogP contribution is 2.21. The van der Waals surface area contributed by atoms with E-state index in [1.165, 1.54) is 25.1 Å². The molecule has 1 aliphatic rings. The summed E-state index contributed by atoms with van der Waals surface area (Å²) in [5, 5.41) is 3.40. The lowest BCUT2D eigenvalue weighted by Gasteiger charge is -2.29. The van der Waals surface area contributed by atoms with Gasteiger partial charge < -0.3 is 10.2 Å². The van der Waals surface area contributed by atoms with Crippen molar-refractivity contribution in [3.05, 3.63) is 24.0 Å². The first kappa shape index (κ1) is 16.2. The molecule has 0 radical (unpaired) electrons. The average molecular weight is 290 g/mol. The molecule has 1 N–H and O–H groups in total. The molecule has 4 heteroatoms. The molecule has 0 spiro atoms. The highest BCUT2D eigenvalue weighted by atomic mass is 15.2. The average Bonchev–Trinajstić information content (AvgIpc) is 2.94. The van der Waals surface area contributed by atoms with Crippen LogP contribution in [0.3, 0.4) is 0 Å². The zero-order valence-corrected chi connectivity index (χ0v) is 14.0. The van der Waals surface area contributed by atoms with Crippen molar-refractivity contribution in [2.75, 3.05) is 38.1 Å². The van der Waals surface area contributed by atoms with Gasteiger partial charge in [-0.15, -0.1) is 0 Å². The molecule has 118 valence electrons. The van der Waals surface area contributed by atoms with Crippen LogP contribution >= 0.6 is 0 Å². The van der Waals surface area contributed by atoms with Crippen molar-refractivity contribution in [1.82, 2.24) is 15.2 Å². The van der Waals surface area contributed by atoms with Crippen LogP contribution in [0.2, 0.25) is 0 Å². The molecule has 0 aliphatic carbocycles. The highest BCUT2D eigenvalue weighted by Gasteiger charge is 2.24. The Bertz CT molecular complexity index is 417. The van der Waals surface area contributed by atoms with E-state index in [1.807, 2.05) is 6.20 Å². The van der Waals surface area contributed by atoms with Crippen molar-refractivity contribution < 1.29 is 0 Å². The summed E-state index contributed by atoms with van der Waals surface area (Å²) in [5.74, 6) is 0. The Morgan fingerprint density at radius 1 is 1.43 bits per heavy atom. The van der Waals surface area contributed by atoms with Crippen LogP contribution in [0.5, 0.6) is 0 Å². The van der Waals surface area contributed by atoms with E-state index in [0.717, 1.165) is 25.3 Å². The summed E-state index contributed by atoms with van der Waals surface area (Å²) >= 11 is 0. The normalized spacial score (nSPS) is 20.7. The molecule has 0 bridgehead atoms. The van der Waals surface area contributed by atoms with Gasteiger partial charge in [-0.2, -0.15) is 0 Å². The van der Waals surface area contributed by atoms with E-state index in [2.05, 4.69) is 60.1 Å². The Labute approximate surface area is 129 Å². The zero-order valence-electron chi connectivity index (χ0n) is 14.0. The molecule has 1 fully saturated rings. The predicted molar refractivity (Wildman–Crippen MR) is 89.9 cm³/mol. The highest BCUT2D eigenvalue weighted by molar-refractivity contribution is 5.44. The summed E-state index contributed by atoms with van der Waals surface area (Å²) in [6.45, 7) is 11.0. The Morgan fingerprint density at radius 2 is 2.24 bits per heavy atom. The molecule has 2 unspecified atom stereocenters. The van der Waals surface area contributed by atoms with Gasteiger partial charge in [0.05, 0.1) is 17.6 Å². The van der Waals surface area contributed by atoms with Gasteiger partial charge in [0, 0.05) is 25.7 Å². The van der Waals surface area contributed by atoms with E-state index in [-0.39, 0.29) is 0 Å². The molecule has 2 heterocycles. The summed E-state index contributed by atoms with van der Waals surface area (Å²) in [6.07, 6.45) is 4.67. The number of hydrogen-bond acceptors (Lipinski definition) is 4. The first-order valence-corrected chi connectivity index (χ1v) is 8.30. The summed E-state index contributed by atoms with van der Waals surface area (Å²) in [6, 6.07) is 5.35. The number of nitrogens with zero attached hydrogens (tertiary/aromatic N) is 3. The van der Waals surface area contributed by atoms with Crippen LogP contribution in [0.15, 0.2) is 18.3 Å². The third-order valence-corrected chi connectivity index (χ3v) is 4.56. The molecule has 0 aromatic carbocycles. The van der Waals surface area contributed by atoms with Crippen LogP contribution in [0.1, 0.15) is 45.3 Å². The number of likely N-dealkylation sites (N-methyl/N-ethyl adjacent to an activating group) is 2. The lowest BCUT2D eigenvalue weighted by molar-refractivity contribution is 0.270. The molecule has 0 saturated carbocycles. The van der Waals surface area contributed by atoms with Crippen LogP contribution in [0.25, 0.3) is 0 Å². The number of nitrogens with one attached hydrogen (secondary N) is 1. The van der Waals surface area contributed by atoms with Crippen molar-refractivity contribution in [3.63, 3.8) is 0 Å². The van der Waals surface area contributed by atoms with Gasteiger partial charge in [0.25, 0.3) is 0 Å². The Kier molecular flexibility index (Phi) is 6.00. The Balaban J connectivity index is 1.94. The first-order valence-electron chi connectivity index (χ1n) is 8.30. The number of anilines is 1. The van der Waals surface area contributed by atoms with Gasteiger partial charge in [0.1, 0.15) is 0 Å². The molecule has 4 nitrogen and oxygen atoms in total. The van der Waals surface area contributed by atoms with Crippen molar-refractivity contribution in [3.8, 4) is 0 Å². The SMILES string of the molecule is CCNC(C)c1ccc(N(C)CC2CCCN2CC)cn1. The molecule has 2 atom stereocenters. The van der Waals surface area contributed by atoms with Gasteiger partial charge in [-0.3, -0.25) is 9.88 Å². The zero-order chi connectivity index (χ0) is 15.2. The topological polar surface area (TPSA) is 31.4 Å². The minimum atomic E-state index is 0.319. The molecule has 1 saturated heterocycles. The summed E-state index contributed by atoms with van der Waals surface area (Å²) in [7, 11) is 2.18. The molecule has 2 rings (SSSR count). The van der Waals surface area contributed by atoms with Gasteiger partial charge in [-0.05, 0) is 51.5 Å². The van der Waals surface area contributed by atoms with Crippen molar-refractivity contribution in [2.24, 2.45) is 0 Å². The van der Waals surface area contributed by atoms with Crippen molar-refractivity contribution in [1.29, 1.82) is 0 Å². The summed E-state index contributed by atoms with van der Waals surface area (Å²) in [4.78, 5) is 9.54. The van der Waals surface area contributed by atoms with Crippen LogP contribution < -0.4 is 10.2 Å². The number of pyridine rings is 1. The maximum atomic E-state index is 4.61. The first-order chi connectivity index (χ1) is 10.2. The second-order valence-electron chi connectivity index (χ2n) is 6.03. The van der Waals surface area contributed by atoms with Crippen LogP contribution in [0, 0.1) is 0 Å². The van der Waals surface area contributed by atoms with Crippen LogP contribution in [-0.4, -0.2) is 49.2 Å². The van der Waals surface area contributed by atoms with Crippen molar-refractivity contribution >= 4 is 5.69 Å².